The number of aryl methyl sites for hydroxylation is 1. The Kier molecular flexibility index (Phi) is 7.13. The Morgan fingerprint density at radius 3 is 2.77 bits per heavy atom. The van der Waals surface area contributed by atoms with Gasteiger partial charge in [0.05, 0.1) is 12.7 Å². The van der Waals surface area contributed by atoms with Crippen LogP contribution in [-0.4, -0.2) is 30.0 Å². The smallest absolute Gasteiger partial charge is 0.0618 e. The number of benzene rings is 1. The van der Waals surface area contributed by atoms with E-state index in [0.29, 0.717) is 12.0 Å². The summed E-state index contributed by atoms with van der Waals surface area (Å²) in [6.45, 7) is 3.28. The Balaban J connectivity index is 1.48. The first kappa shape index (κ1) is 19.9. The lowest BCUT2D eigenvalue weighted by atomic mass is 9.85. The van der Waals surface area contributed by atoms with Crippen LogP contribution >= 0.6 is 0 Å². The standard InChI is InChI=1S/C23H37NO2/c1-2-3-4-5-6-13-26-22-10-9-18-14-19(7-8-20(18)15-22)21-11-12-23(24,16-21)17-25/h7-8,14,21-22,25H,2-6,9-13,15-17,24H2,1H3/t21-,22?,23-/m1/s1. The molecule has 2 aliphatic rings. The van der Waals surface area contributed by atoms with Gasteiger partial charge in [-0.2, -0.15) is 0 Å². The van der Waals surface area contributed by atoms with Gasteiger partial charge >= 0.3 is 0 Å². The van der Waals surface area contributed by atoms with Crippen molar-refractivity contribution in [3.8, 4) is 0 Å². The van der Waals surface area contributed by atoms with Crippen molar-refractivity contribution in [1.82, 2.24) is 0 Å². The maximum Gasteiger partial charge on any atom is 0.0618 e. The summed E-state index contributed by atoms with van der Waals surface area (Å²) in [5.41, 5.74) is 10.3. The molecule has 3 nitrogen and oxygen atoms in total. The largest absolute Gasteiger partial charge is 0.394 e. The summed E-state index contributed by atoms with van der Waals surface area (Å²) in [6, 6.07) is 7.01. The van der Waals surface area contributed by atoms with E-state index in [4.69, 9.17) is 10.5 Å². The number of rotatable bonds is 9. The van der Waals surface area contributed by atoms with Gasteiger partial charge in [-0.25, -0.2) is 0 Å². The van der Waals surface area contributed by atoms with Crippen molar-refractivity contribution in [3.63, 3.8) is 0 Å². The van der Waals surface area contributed by atoms with Crippen molar-refractivity contribution in [3.05, 3.63) is 34.9 Å². The summed E-state index contributed by atoms with van der Waals surface area (Å²) >= 11 is 0. The van der Waals surface area contributed by atoms with Crippen molar-refractivity contribution in [2.24, 2.45) is 5.73 Å². The van der Waals surface area contributed by atoms with E-state index in [-0.39, 0.29) is 12.1 Å². The van der Waals surface area contributed by atoms with Crippen LogP contribution in [0.4, 0.5) is 0 Å². The number of hydrogen-bond acceptors (Lipinski definition) is 3. The van der Waals surface area contributed by atoms with Gasteiger partial charge < -0.3 is 15.6 Å². The number of hydrogen-bond donors (Lipinski definition) is 2. The molecule has 0 aliphatic heterocycles. The van der Waals surface area contributed by atoms with E-state index in [2.05, 4.69) is 25.1 Å². The van der Waals surface area contributed by atoms with Gasteiger partial charge in [0.25, 0.3) is 0 Å². The van der Waals surface area contributed by atoms with E-state index in [1.54, 1.807) is 0 Å². The van der Waals surface area contributed by atoms with Gasteiger partial charge in [-0.05, 0) is 67.6 Å². The first-order valence-corrected chi connectivity index (χ1v) is 10.8. The predicted molar refractivity (Wildman–Crippen MR) is 108 cm³/mol. The van der Waals surface area contributed by atoms with Crippen LogP contribution in [0.1, 0.15) is 87.3 Å². The summed E-state index contributed by atoms with van der Waals surface area (Å²) in [6.07, 6.45) is 13.2. The van der Waals surface area contributed by atoms with Gasteiger partial charge in [-0.3, -0.25) is 0 Å². The van der Waals surface area contributed by atoms with Gasteiger partial charge in [-0.15, -0.1) is 0 Å². The molecule has 0 spiro atoms. The van der Waals surface area contributed by atoms with Crippen molar-refractivity contribution in [2.45, 2.75) is 95.1 Å². The molecule has 1 fully saturated rings. The average Bonchev–Trinajstić information content (AvgIpc) is 3.07. The van der Waals surface area contributed by atoms with Gasteiger partial charge in [0.15, 0.2) is 0 Å². The maximum absolute atomic E-state index is 9.50. The molecule has 0 amide bonds. The molecule has 3 N–H and O–H groups in total. The van der Waals surface area contributed by atoms with E-state index in [1.165, 1.54) is 48.8 Å². The molecule has 2 aliphatic carbocycles. The van der Waals surface area contributed by atoms with Gasteiger partial charge in [0.1, 0.15) is 0 Å². The summed E-state index contributed by atoms with van der Waals surface area (Å²) in [5.74, 6) is 0.509. The van der Waals surface area contributed by atoms with E-state index < -0.39 is 0 Å². The minimum atomic E-state index is -0.364. The van der Waals surface area contributed by atoms with Crippen LogP contribution in [0.15, 0.2) is 18.2 Å². The fourth-order valence-electron chi connectivity index (χ4n) is 4.68. The minimum absolute atomic E-state index is 0.103. The van der Waals surface area contributed by atoms with E-state index in [0.717, 1.165) is 45.1 Å². The number of nitrogens with two attached hydrogens (primary N) is 1. The van der Waals surface area contributed by atoms with Crippen LogP contribution < -0.4 is 5.73 Å². The van der Waals surface area contributed by atoms with Crippen LogP contribution in [-0.2, 0) is 17.6 Å². The maximum atomic E-state index is 9.50. The molecule has 1 aromatic rings. The van der Waals surface area contributed by atoms with Crippen LogP contribution in [0.25, 0.3) is 0 Å². The summed E-state index contributed by atoms with van der Waals surface area (Å²) in [5, 5.41) is 9.50. The van der Waals surface area contributed by atoms with E-state index in [9.17, 15) is 5.11 Å². The van der Waals surface area contributed by atoms with E-state index >= 15 is 0 Å². The average molecular weight is 360 g/mol. The Hall–Kier alpha value is -0.900. The zero-order valence-electron chi connectivity index (χ0n) is 16.5. The Labute approximate surface area is 159 Å². The van der Waals surface area contributed by atoms with Crippen LogP contribution in [0.3, 0.4) is 0 Å². The summed E-state index contributed by atoms with van der Waals surface area (Å²) in [4.78, 5) is 0. The highest BCUT2D eigenvalue weighted by molar-refractivity contribution is 5.36. The molecule has 0 radical (unpaired) electrons. The molecule has 26 heavy (non-hydrogen) atoms. The Morgan fingerprint density at radius 1 is 1.15 bits per heavy atom. The number of ether oxygens (including phenoxy) is 1. The molecule has 3 atom stereocenters. The Bertz CT molecular complexity index is 573. The molecule has 0 heterocycles. The minimum Gasteiger partial charge on any atom is -0.394 e. The molecule has 0 bridgehead atoms. The van der Waals surface area contributed by atoms with E-state index in [1.807, 2.05) is 0 Å². The second-order valence-corrected chi connectivity index (χ2v) is 8.64. The number of fused-ring (bicyclic) bond motifs is 1. The zero-order valence-corrected chi connectivity index (χ0v) is 16.5. The molecule has 3 rings (SSSR count). The fraction of sp³-hybridized carbons (Fsp3) is 0.739. The van der Waals surface area contributed by atoms with Crippen LogP contribution in [0.5, 0.6) is 0 Å². The van der Waals surface area contributed by atoms with Gasteiger partial charge in [-0.1, -0.05) is 50.8 Å². The van der Waals surface area contributed by atoms with Crippen molar-refractivity contribution >= 4 is 0 Å². The molecular formula is C23H37NO2. The highest BCUT2D eigenvalue weighted by Gasteiger charge is 2.36. The highest BCUT2D eigenvalue weighted by atomic mass is 16.5. The lowest BCUT2D eigenvalue weighted by Crippen LogP contribution is -2.40. The zero-order chi connectivity index (χ0) is 18.4. The molecule has 1 aromatic carbocycles. The fourth-order valence-corrected chi connectivity index (χ4v) is 4.68. The predicted octanol–water partition coefficient (Wildman–Crippen LogP) is 4.49. The molecule has 0 aromatic heterocycles. The van der Waals surface area contributed by atoms with Gasteiger partial charge in [0.2, 0.25) is 0 Å². The first-order valence-electron chi connectivity index (χ1n) is 10.8. The third kappa shape index (κ3) is 5.09. The monoisotopic (exact) mass is 359 g/mol. The van der Waals surface area contributed by atoms with Gasteiger partial charge in [0, 0.05) is 12.1 Å². The third-order valence-corrected chi connectivity index (χ3v) is 6.44. The van der Waals surface area contributed by atoms with Crippen molar-refractivity contribution < 1.29 is 9.84 Å². The molecular weight excluding hydrogens is 322 g/mol. The van der Waals surface area contributed by atoms with Crippen molar-refractivity contribution in [1.29, 1.82) is 0 Å². The second kappa shape index (κ2) is 9.34. The first-order chi connectivity index (χ1) is 12.6. The van der Waals surface area contributed by atoms with Crippen molar-refractivity contribution in [2.75, 3.05) is 13.2 Å². The molecule has 1 saturated carbocycles. The summed E-state index contributed by atoms with van der Waals surface area (Å²) in [7, 11) is 0. The number of aliphatic hydroxyl groups is 1. The SMILES string of the molecule is CCCCCCCOC1CCc2cc([C@@H]3CC[C@](N)(CO)C3)ccc2C1. The Morgan fingerprint density at radius 2 is 2.00 bits per heavy atom. The topological polar surface area (TPSA) is 55.5 Å². The summed E-state index contributed by atoms with van der Waals surface area (Å²) < 4.78 is 6.15. The van der Waals surface area contributed by atoms with Crippen LogP contribution in [0, 0.1) is 0 Å². The second-order valence-electron chi connectivity index (χ2n) is 8.64. The highest BCUT2D eigenvalue weighted by Crippen LogP contribution is 2.40. The number of unbranched alkanes of at least 4 members (excludes halogenated alkanes) is 4. The normalized spacial score (nSPS) is 28.3. The lowest BCUT2D eigenvalue weighted by molar-refractivity contribution is 0.0417. The molecule has 0 saturated heterocycles. The molecule has 3 heteroatoms. The third-order valence-electron chi connectivity index (χ3n) is 6.44. The van der Waals surface area contributed by atoms with Crippen LogP contribution in [0.2, 0.25) is 0 Å². The molecule has 146 valence electrons. The number of aliphatic hydroxyl groups excluding tert-OH is 1. The quantitative estimate of drug-likeness (QED) is 0.639. The molecule has 1 unspecified atom stereocenters. The lowest BCUT2D eigenvalue weighted by Gasteiger charge is -2.26.